The Labute approximate surface area is 228 Å². The molecule has 2 heterocycles. The van der Waals surface area contributed by atoms with Gasteiger partial charge in [0, 0.05) is 31.7 Å². The zero-order valence-electron chi connectivity index (χ0n) is 22.5. The minimum Gasteiger partial charge on any atom is -0.465 e. The minimum absolute atomic E-state index is 0.0306. The molecule has 2 aromatic carbocycles. The topological polar surface area (TPSA) is 112 Å². The van der Waals surface area contributed by atoms with Gasteiger partial charge in [-0.3, -0.25) is 9.59 Å². The van der Waals surface area contributed by atoms with E-state index in [1.165, 1.54) is 4.90 Å². The fraction of sp³-hybridized carbons (Fsp3) is 0.333. The standard InChI is InChI=1S/C30H34N4O5/c1-30(2,3)39-20-26(28(36)33-14-16-34(17-15-33)29(37)38)32-27(35)25-19-23(21-10-6-4-7-11-21)18-24(31-25)22-12-8-5-9-13-22/h4-13,18-19,26H,14-17,20H2,1-3H3,(H,32,35)(H,37,38)/t26-/m0/s1. The van der Waals surface area contributed by atoms with E-state index in [9.17, 15) is 19.5 Å². The van der Waals surface area contributed by atoms with Gasteiger partial charge in [-0.15, -0.1) is 0 Å². The predicted molar refractivity (Wildman–Crippen MR) is 148 cm³/mol. The average Bonchev–Trinajstić information content (AvgIpc) is 2.95. The SMILES string of the molecule is CC(C)(C)OC[C@H](NC(=O)c1cc(-c2ccccc2)cc(-c2ccccc2)n1)C(=O)N1CCN(C(=O)O)CC1. The number of benzene rings is 2. The number of hydrogen-bond donors (Lipinski definition) is 2. The van der Waals surface area contributed by atoms with Crippen molar-refractivity contribution in [1.82, 2.24) is 20.1 Å². The quantitative estimate of drug-likeness (QED) is 0.475. The fourth-order valence-electron chi connectivity index (χ4n) is 4.28. The number of nitrogens with one attached hydrogen (secondary N) is 1. The van der Waals surface area contributed by atoms with E-state index in [1.807, 2.05) is 87.5 Å². The number of nitrogens with zero attached hydrogens (tertiary/aromatic N) is 3. The number of amides is 3. The Balaban J connectivity index is 1.61. The Morgan fingerprint density at radius 2 is 1.44 bits per heavy atom. The first-order chi connectivity index (χ1) is 18.6. The van der Waals surface area contributed by atoms with Crippen LogP contribution in [0.25, 0.3) is 22.4 Å². The number of aromatic nitrogens is 1. The second-order valence-corrected chi connectivity index (χ2v) is 10.4. The lowest BCUT2D eigenvalue weighted by atomic mass is 10.0. The van der Waals surface area contributed by atoms with Crippen LogP contribution < -0.4 is 5.32 Å². The first-order valence-electron chi connectivity index (χ1n) is 12.9. The summed E-state index contributed by atoms with van der Waals surface area (Å²) in [5, 5.41) is 12.1. The van der Waals surface area contributed by atoms with Crippen LogP contribution in [0.2, 0.25) is 0 Å². The van der Waals surface area contributed by atoms with Crippen LogP contribution >= 0.6 is 0 Å². The zero-order valence-corrected chi connectivity index (χ0v) is 22.5. The van der Waals surface area contributed by atoms with Crippen LogP contribution in [0.5, 0.6) is 0 Å². The highest BCUT2D eigenvalue weighted by molar-refractivity contribution is 5.97. The third kappa shape index (κ3) is 7.42. The average molecular weight is 531 g/mol. The van der Waals surface area contributed by atoms with Crippen molar-refractivity contribution in [1.29, 1.82) is 0 Å². The van der Waals surface area contributed by atoms with Crippen molar-refractivity contribution in [2.75, 3.05) is 32.8 Å². The number of ether oxygens (including phenoxy) is 1. The molecule has 4 rings (SSSR count). The molecule has 1 saturated heterocycles. The monoisotopic (exact) mass is 530 g/mol. The maximum Gasteiger partial charge on any atom is 0.407 e. The van der Waals surface area contributed by atoms with E-state index in [2.05, 4.69) is 10.3 Å². The van der Waals surface area contributed by atoms with Gasteiger partial charge in [0.2, 0.25) is 5.91 Å². The van der Waals surface area contributed by atoms with Gasteiger partial charge in [0.25, 0.3) is 5.91 Å². The number of carbonyl (C=O) groups is 3. The molecule has 9 nitrogen and oxygen atoms in total. The minimum atomic E-state index is -1.01. The molecule has 204 valence electrons. The first kappa shape index (κ1) is 27.8. The molecule has 9 heteroatoms. The fourth-order valence-corrected chi connectivity index (χ4v) is 4.28. The van der Waals surface area contributed by atoms with Crippen molar-refractivity contribution in [2.45, 2.75) is 32.4 Å². The van der Waals surface area contributed by atoms with Crippen molar-refractivity contribution >= 4 is 17.9 Å². The van der Waals surface area contributed by atoms with Gasteiger partial charge in [-0.25, -0.2) is 9.78 Å². The molecule has 1 aromatic heterocycles. The predicted octanol–water partition coefficient (Wildman–Crippen LogP) is 4.15. The number of rotatable bonds is 7. The van der Waals surface area contributed by atoms with Crippen LogP contribution in [0.15, 0.2) is 72.8 Å². The summed E-state index contributed by atoms with van der Waals surface area (Å²) >= 11 is 0. The molecule has 0 bridgehead atoms. The maximum absolute atomic E-state index is 13.6. The molecule has 2 N–H and O–H groups in total. The molecule has 1 aliphatic rings. The summed E-state index contributed by atoms with van der Waals surface area (Å²) < 4.78 is 5.90. The Morgan fingerprint density at radius 3 is 2.00 bits per heavy atom. The lowest BCUT2D eigenvalue weighted by molar-refractivity contribution is -0.137. The second kappa shape index (κ2) is 12.1. The number of carboxylic acid groups (broad SMARTS) is 1. The molecule has 0 radical (unpaired) electrons. The third-order valence-electron chi connectivity index (χ3n) is 6.38. The van der Waals surface area contributed by atoms with Crippen LogP contribution in [0.4, 0.5) is 4.79 Å². The number of piperazine rings is 1. The summed E-state index contributed by atoms with van der Waals surface area (Å²) in [5.41, 5.74) is 2.92. The van der Waals surface area contributed by atoms with Crippen molar-refractivity contribution < 1.29 is 24.2 Å². The first-order valence-corrected chi connectivity index (χ1v) is 12.9. The smallest absolute Gasteiger partial charge is 0.407 e. The van der Waals surface area contributed by atoms with Gasteiger partial charge in [0.1, 0.15) is 11.7 Å². The van der Waals surface area contributed by atoms with E-state index in [0.29, 0.717) is 5.69 Å². The number of carbonyl (C=O) groups excluding carboxylic acids is 2. The molecule has 0 unspecified atom stereocenters. The van der Waals surface area contributed by atoms with Gasteiger partial charge in [-0.2, -0.15) is 0 Å². The molecule has 1 aliphatic heterocycles. The molecular weight excluding hydrogens is 496 g/mol. The highest BCUT2D eigenvalue weighted by Gasteiger charge is 2.31. The Bertz CT molecular complexity index is 1240. The largest absolute Gasteiger partial charge is 0.465 e. The number of pyridine rings is 1. The summed E-state index contributed by atoms with van der Waals surface area (Å²) in [6.45, 7) is 6.50. The van der Waals surface area contributed by atoms with E-state index < -0.39 is 23.6 Å². The van der Waals surface area contributed by atoms with Crippen LogP contribution in [0, 0.1) is 0 Å². The van der Waals surface area contributed by atoms with Gasteiger partial charge >= 0.3 is 6.09 Å². The van der Waals surface area contributed by atoms with E-state index in [0.717, 1.165) is 16.7 Å². The van der Waals surface area contributed by atoms with Crippen LogP contribution in [-0.4, -0.2) is 82.2 Å². The molecule has 1 fully saturated rings. The molecule has 1 atom stereocenters. The summed E-state index contributed by atoms with van der Waals surface area (Å²) in [6, 6.07) is 22.0. The lowest BCUT2D eigenvalue weighted by Gasteiger charge is -2.35. The highest BCUT2D eigenvalue weighted by atomic mass is 16.5. The molecule has 0 saturated carbocycles. The lowest BCUT2D eigenvalue weighted by Crippen LogP contribution is -2.57. The van der Waals surface area contributed by atoms with E-state index in [1.54, 1.807) is 11.0 Å². The molecule has 3 aromatic rings. The number of hydrogen-bond acceptors (Lipinski definition) is 5. The van der Waals surface area contributed by atoms with Crippen molar-refractivity contribution in [3.8, 4) is 22.4 Å². The van der Waals surface area contributed by atoms with Gasteiger partial charge in [-0.05, 0) is 44.0 Å². The maximum atomic E-state index is 13.6. The molecular formula is C30H34N4O5. The Kier molecular flexibility index (Phi) is 8.61. The summed E-state index contributed by atoms with van der Waals surface area (Å²) in [6.07, 6.45) is -1.01. The third-order valence-corrected chi connectivity index (χ3v) is 6.38. The van der Waals surface area contributed by atoms with Gasteiger partial charge < -0.3 is 25.0 Å². The Morgan fingerprint density at radius 1 is 0.872 bits per heavy atom. The second-order valence-electron chi connectivity index (χ2n) is 10.4. The molecule has 0 aliphatic carbocycles. The summed E-state index contributed by atoms with van der Waals surface area (Å²) in [7, 11) is 0. The summed E-state index contributed by atoms with van der Waals surface area (Å²) in [4.78, 5) is 45.8. The van der Waals surface area contributed by atoms with E-state index >= 15 is 0 Å². The van der Waals surface area contributed by atoms with Gasteiger partial charge in [0.15, 0.2) is 0 Å². The van der Waals surface area contributed by atoms with Gasteiger partial charge in [-0.1, -0.05) is 60.7 Å². The van der Waals surface area contributed by atoms with Crippen LogP contribution in [-0.2, 0) is 9.53 Å². The summed E-state index contributed by atoms with van der Waals surface area (Å²) in [5.74, 6) is -0.815. The molecule has 0 spiro atoms. The van der Waals surface area contributed by atoms with Crippen molar-refractivity contribution in [2.24, 2.45) is 0 Å². The molecule has 39 heavy (non-hydrogen) atoms. The Hall–Kier alpha value is -4.24. The van der Waals surface area contributed by atoms with Crippen LogP contribution in [0.3, 0.4) is 0 Å². The van der Waals surface area contributed by atoms with E-state index in [-0.39, 0.29) is 44.4 Å². The van der Waals surface area contributed by atoms with E-state index in [4.69, 9.17) is 4.74 Å². The highest BCUT2D eigenvalue weighted by Crippen LogP contribution is 2.26. The normalized spacial score (nSPS) is 14.5. The van der Waals surface area contributed by atoms with Crippen molar-refractivity contribution in [3.05, 3.63) is 78.5 Å². The van der Waals surface area contributed by atoms with Crippen LogP contribution in [0.1, 0.15) is 31.3 Å². The van der Waals surface area contributed by atoms with Gasteiger partial charge in [0.05, 0.1) is 17.9 Å². The zero-order chi connectivity index (χ0) is 28.0. The molecule has 3 amide bonds. The van der Waals surface area contributed by atoms with Crippen molar-refractivity contribution in [3.63, 3.8) is 0 Å².